The number of hydrogen-bond acceptors (Lipinski definition) is 6. The molecule has 6 heteroatoms. The molecular weight excluding hydrogens is 408 g/mol. The van der Waals surface area contributed by atoms with E-state index in [0.29, 0.717) is 50.5 Å². The summed E-state index contributed by atoms with van der Waals surface area (Å²) >= 11 is 1.50. The van der Waals surface area contributed by atoms with Crippen molar-refractivity contribution in [3.05, 3.63) is 70.1 Å². The van der Waals surface area contributed by atoms with Gasteiger partial charge in [0.05, 0.1) is 27.5 Å². The minimum absolute atomic E-state index is 0.0593. The van der Waals surface area contributed by atoms with Crippen LogP contribution in [0.2, 0.25) is 0 Å². The Labute approximate surface area is 183 Å². The van der Waals surface area contributed by atoms with E-state index in [2.05, 4.69) is 13.2 Å². The van der Waals surface area contributed by atoms with Gasteiger partial charge in [0.1, 0.15) is 17.9 Å². The third-order valence-electron chi connectivity index (χ3n) is 5.37. The lowest BCUT2D eigenvalue weighted by molar-refractivity contribution is 0.0993. The van der Waals surface area contributed by atoms with Crippen LogP contribution in [0.1, 0.15) is 15.9 Å². The lowest BCUT2D eigenvalue weighted by Crippen LogP contribution is -2.28. The SMILES string of the molecule is C=c1c2c(c3nc4ccc(CC(=O)c5ccccc5)cc4nc3c1=C)SCC(O)CO2. The molecule has 0 saturated carbocycles. The maximum absolute atomic E-state index is 12.6. The maximum Gasteiger partial charge on any atom is 0.167 e. The summed E-state index contributed by atoms with van der Waals surface area (Å²) in [6.07, 6.45) is -0.262. The number of ketones is 1. The highest BCUT2D eigenvalue weighted by molar-refractivity contribution is 7.99. The average molecular weight is 429 g/mol. The fraction of sp³-hybridized carbons (Fsp3) is 0.160. The van der Waals surface area contributed by atoms with Crippen molar-refractivity contribution in [2.24, 2.45) is 0 Å². The summed E-state index contributed by atoms with van der Waals surface area (Å²) in [5.41, 5.74) is 4.37. The number of nitrogens with zero attached hydrogens (tertiary/aromatic N) is 2. The summed E-state index contributed by atoms with van der Waals surface area (Å²) in [4.78, 5) is 23.1. The molecule has 1 aliphatic heterocycles. The van der Waals surface area contributed by atoms with Crippen molar-refractivity contribution >= 4 is 52.8 Å². The minimum atomic E-state index is -0.557. The lowest BCUT2D eigenvalue weighted by atomic mass is 10.0. The molecule has 1 aliphatic rings. The second kappa shape index (κ2) is 7.80. The maximum atomic E-state index is 12.6. The highest BCUT2D eigenvalue weighted by Gasteiger charge is 2.21. The first-order valence-corrected chi connectivity index (χ1v) is 11.0. The highest BCUT2D eigenvalue weighted by Crippen LogP contribution is 2.34. The van der Waals surface area contributed by atoms with Crippen LogP contribution in [0.15, 0.2) is 53.4 Å². The largest absolute Gasteiger partial charge is 0.489 e. The molecule has 4 aromatic rings. The number of fused-ring (bicyclic) bond motifs is 4. The van der Waals surface area contributed by atoms with Gasteiger partial charge in [0.2, 0.25) is 0 Å². The zero-order valence-corrected chi connectivity index (χ0v) is 17.6. The van der Waals surface area contributed by atoms with Gasteiger partial charge in [-0.05, 0) is 17.7 Å². The van der Waals surface area contributed by atoms with Crippen molar-refractivity contribution in [3.63, 3.8) is 0 Å². The summed E-state index contributed by atoms with van der Waals surface area (Å²) in [6, 6.07) is 15.0. The highest BCUT2D eigenvalue weighted by atomic mass is 32.2. The van der Waals surface area contributed by atoms with Crippen molar-refractivity contribution in [3.8, 4) is 5.75 Å². The fourth-order valence-corrected chi connectivity index (χ4v) is 4.76. The molecule has 1 N–H and O–H groups in total. The summed E-state index contributed by atoms with van der Waals surface area (Å²) in [7, 11) is 0. The Morgan fingerprint density at radius 2 is 1.84 bits per heavy atom. The molecule has 5 rings (SSSR count). The normalized spacial score (nSPS) is 16.0. The van der Waals surface area contributed by atoms with Gasteiger partial charge < -0.3 is 9.84 Å². The Morgan fingerprint density at radius 1 is 1.06 bits per heavy atom. The van der Waals surface area contributed by atoms with E-state index in [-0.39, 0.29) is 12.4 Å². The minimum Gasteiger partial charge on any atom is -0.489 e. The van der Waals surface area contributed by atoms with Gasteiger partial charge in [0.25, 0.3) is 0 Å². The van der Waals surface area contributed by atoms with Gasteiger partial charge in [-0.3, -0.25) is 4.79 Å². The molecule has 0 saturated heterocycles. The standard InChI is InChI=1S/C25H20N2O3S/c1-14-15(2)24-25(31-13-18(28)12-30-24)23-22(14)27-20-10-16(8-9-19(20)26-23)11-21(29)17-6-4-3-5-7-17/h3-10,18,28H,1-2,11-13H2. The van der Waals surface area contributed by atoms with Crippen LogP contribution in [0.5, 0.6) is 5.75 Å². The number of aliphatic hydroxyl groups excluding tert-OH is 1. The van der Waals surface area contributed by atoms with Gasteiger partial charge in [-0.15, -0.1) is 11.8 Å². The number of thioether (sulfide) groups is 1. The lowest BCUT2D eigenvalue weighted by Gasteiger charge is -2.12. The first-order valence-electron chi connectivity index (χ1n) is 9.97. The number of carbonyl (C=O) groups excluding carboxylic acids is 1. The molecule has 0 bridgehead atoms. The number of benzene rings is 3. The van der Waals surface area contributed by atoms with E-state index in [1.807, 2.05) is 48.5 Å². The van der Waals surface area contributed by atoms with Crippen LogP contribution in [-0.4, -0.2) is 39.3 Å². The second-order valence-corrected chi connectivity index (χ2v) is 8.63. The van der Waals surface area contributed by atoms with Gasteiger partial charge in [-0.1, -0.05) is 49.6 Å². The Morgan fingerprint density at radius 3 is 2.65 bits per heavy atom. The molecule has 1 unspecified atom stereocenters. The molecule has 0 amide bonds. The molecule has 0 fully saturated rings. The molecule has 0 aliphatic carbocycles. The van der Waals surface area contributed by atoms with E-state index in [1.54, 1.807) is 0 Å². The number of aliphatic hydroxyl groups is 1. The van der Waals surface area contributed by atoms with Gasteiger partial charge in [0, 0.05) is 28.2 Å². The Kier molecular flexibility index (Phi) is 4.96. The Bertz CT molecular complexity index is 1440. The Hall–Kier alpha value is -3.22. The summed E-state index contributed by atoms with van der Waals surface area (Å²) in [5.74, 6) is 1.19. The van der Waals surface area contributed by atoms with Crippen LogP contribution < -0.4 is 15.2 Å². The number of carbonyl (C=O) groups is 1. The molecule has 0 radical (unpaired) electrons. The summed E-state index contributed by atoms with van der Waals surface area (Å²) in [5, 5.41) is 11.3. The summed E-state index contributed by atoms with van der Waals surface area (Å²) in [6.45, 7) is 8.49. The van der Waals surface area contributed by atoms with Crippen molar-refractivity contribution in [2.45, 2.75) is 17.4 Å². The van der Waals surface area contributed by atoms with E-state index in [0.717, 1.165) is 16.0 Å². The van der Waals surface area contributed by atoms with E-state index >= 15 is 0 Å². The van der Waals surface area contributed by atoms with Crippen LogP contribution in [0.25, 0.3) is 35.2 Å². The first kappa shape index (κ1) is 19.7. The number of Topliss-reactive ketones (excluding diaryl/α,β-unsaturated/α-hetero) is 1. The molecular formula is C25H20N2O3S. The molecule has 31 heavy (non-hydrogen) atoms. The topological polar surface area (TPSA) is 72.3 Å². The molecule has 1 atom stereocenters. The average Bonchev–Trinajstić information content (AvgIpc) is 2.99. The third kappa shape index (κ3) is 3.58. The van der Waals surface area contributed by atoms with Crippen LogP contribution in [0, 0.1) is 0 Å². The molecule has 1 aromatic heterocycles. The van der Waals surface area contributed by atoms with Crippen LogP contribution in [0.4, 0.5) is 0 Å². The quantitative estimate of drug-likeness (QED) is 0.400. The third-order valence-corrected chi connectivity index (χ3v) is 6.59. The van der Waals surface area contributed by atoms with Crippen molar-refractivity contribution in [1.29, 1.82) is 0 Å². The van der Waals surface area contributed by atoms with Crippen molar-refractivity contribution in [2.75, 3.05) is 12.4 Å². The van der Waals surface area contributed by atoms with E-state index in [1.165, 1.54) is 11.8 Å². The van der Waals surface area contributed by atoms with Gasteiger partial charge in [-0.25, -0.2) is 9.97 Å². The van der Waals surface area contributed by atoms with Crippen molar-refractivity contribution < 1.29 is 14.6 Å². The molecule has 154 valence electrons. The number of aromatic nitrogens is 2. The first-order chi connectivity index (χ1) is 15.0. The smallest absolute Gasteiger partial charge is 0.167 e. The van der Waals surface area contributed by atoms with Gasteiger partial charge >= 0.3 is 0 Å². The predicted octanol–water partition coefficient (Wildman–Crippen LogP) is 2.87. The zero-order valence-electron chi connectivity index (χ0n) is 16.8. The molecule has 2 heterocycles. The van der Waals surface area contributed by atoms with E-state index in [4.69, 9.17) is 14.7 Å². The molecule has 5 nitrogen and oxygen atoms in total. The van der Waals surface area contributed by atoms with E-state index < -0.39 is 6.10 Å². The fourth-order valence-electron chi connectivity index (χ4n) is 3.71. The predicted molar refractivity (Wildman–Crippen MR) is 124 cm³/mol. The van der Waals surface area contributed by atoms with Crippen molar-refractivity contribution in [1.82, 2.24) is 9.97 Å². The zero-order chi connectivity index (χ0) is 21.5. The monoisotopic (exact) mass is 428 g/mol. The van der Waals surface area contributed by atoms with Gasteiger partial charge in [0.15, 0.2) is 5.78 Å². The number of hydrogen-bond donors (Lipinski definition) is 1. The number of ether oxygens (including phenoxy) is 1. The second-order valence-electron chi connectivity index (χ2n) is 7.60. The summed E-state index contributed by atoms with van der Waals surface area (Å²) < 4.78 is 5.82. The van der Waals surface area contributed by atoms with Crippen LogP contribution in [0.3, 0.4) is 0 Å². The van der Waals surface area contributed by atoms with Crippen LogP contribution >= 0.6 is 11.8 Å². The van der Waals surface area contributed by atoms with E-state index in [9.17, 15) is 9.90 Å². The molecule has 0 spiro atoms. The molecule has 3 aromatic carbocycles. The number of rotatable bonds is 3. The van der Waals surface area contributed by atoms with Crippen LogP contribution in [-0.2, 0) is 6.42 Å². The van der Waals surface area contributed by atoms with Gasteiger partial charge in [-0.2, -0.15) is 0 Å². The Balaban J connectivity index is 1.61.